The minimum Gasteiger partial charge on any atom is -0.490 e. The number of methoxy groups -OCH3 is 1. The maximum atomic E-state index is 12.5. The number of urea groups is 1. The van der Waals surface area contributed by atoms with Crippen molar-refractivity contribution in [1.29, 1.82) is 0 Å². The van der Waals surface area contributed by atoms with E-state index < -0.39 is 24.3 Å². The van der Waals surface area contributed by atoms with Gasteiger partial charge in [0, 0.05) is 16.3 Å². The second kappa shape index (κ2) is 17.0. The lowest BCUT2D eigenvalue weighted by Gasteiger charge is -2.28. The smallest absolute Gasteiger partial charge is 0.338 e. The van der Waals surface area contributed by atoms with Crippen LogP contribution in [0.3, 0.4) is 0 Å². The SMILES string of the molecule is CCOC(=O)c1ccc(COc2ccc(Cl)cc2/C=N/N[C@@H](O)COc2ccc([C@H]3NC(=O)NC(C)=C3C(=O)OC)cc2OCC)cc1. The monoisotopic (exact) mass is 680 g/mol. The van der Waals surface area contributed by atoms with Gasteiger partial charge in [0.1, 0.15) is 19.0 Å². The first-order valence-electron chi connectivity index (χ1n) is 15.0. The Labute approximate surface area is 282 Å². The Morgan fingerprint density at radius 2 is 1.73 bits per heavy atom. The molecule has 0 saturated heterocycles. The van der Waals surface area contributed by atoms with Gasteiger partial charge in [0.15, 0.2) is 17.7 Å². The number of ether oxygens (including phenoxy) is 5. The molecule has 3 aromatic rings. The molecule has 0 saturated carbocycles. The van der Waals surface area contributed by atoms with Crippen molar-refractivity contribution in [2.75, 3.05) is 26.9 Å². The Morgan fingerprint density at radius 3 is 2.44 bits per heavy atom. The highest BCUT2D eigenvalue weighted by molar-refractivity contribution is 6.30. The summed E-state index contributed by atoms with van der Waals surface area (Å²) in [6.07, 6.45) is 0.244. The number of nitrogens with one attached hydrogen (secondary N) is 3. The van der Waals surface area contributed by atoms with E-state index in [4.69, 9.17) is 35.3 Å². The predicted octanol–water partition coefficient (Wildman–Crippen LogP) is 4.62. The lowest BCUT2D eigenvalue weighted by atomic mass is 9.95. The van der Waals surface area contributed by atoms with Crippen LogP contribution in [0.4, 0.5) is 4.79 Å². The van der Waals surface area contributed by atoms with Crippen LogP contribution in [-0.2, 0) is 20.9 Å². The molecule has 4 N–H and O–H groups in total. The third kappa shape index (κ3) is 9.39. The number of esters is 2. The number of amides is 2. The molecule has 3 aromatic carbocycles. The maximum Gasteiger partial charge on any atom is 0.338 e. The molecule has 1 heterocycles. The van der Waals surface area contributed by atoms with E-state index in [0.717, 1.165) is 5.56 Å². The fraction of sp³-hybridized carbons (Fsp3) is 0.294. The molecule has 0 bridgehead atoms. The normalized spacial score (nSPS) is 14.9. The van der Waals surface area contributed by atoms with E-state index in [1.165, 1.54) is 13.3 Å². The minimum atomic E-state index is -1.21. The van der Waals surface area contributed by atoms with Gasteiger partial charge in [-0.3, -0.25) is 5.43 Å². The number of hydrogen-bond donors (Lipinski definition) is 4. The van der Waals surface area contributed by atoms with Crippen LogP contribution < -0.4 is 30.3 Å². The van der Waals surface area contributed by atoms with Crippen LogP contribution in [0.5, 0.6) is 17.2 Å². The second-order valence-electron chi connectivity index (χ2n) is 10.3. The highest BCUT2D eigenvalue weighted by atomic mass is 35.5. The summed E-state index contributed by atoms with van der Waals surface area (Å²) in [5.74, 6) is 0.193. The molecule has 1 aliphatic heterocycles. The first-order chi connectivity index (χ1) is 23.1. The highest BCUT2D eigenvalue weighted by Gasteiger charge is 2.32. The van der Waals surface area contributed by atoms with Crippen molar-refractivity contribution in [3.63, 3.8) is 0 Å². The zero-order chi connectivity index (χ0) is 34.6. The largest absolute Gasteiger partial charge is 0.490 e. The lowest BCUT2D eigenvalue weighted by molar-refractivity contribution is -0.136. The second-order valence-corrected chi connectivity index (χ2v) is 10.7. The van der Waals surface area contributed by atoms with E-state index >= 15 is 0 Å². The Kier molecular flexibility index (Phi) is 12.6. The molecular formula is C34H37ClN4O9. The molecular weight excluding hydrogens is 644 g/mol. The van der Waals surface area contributed by atoms with Crippen LogP contribution in [0.15, 0.2) is 77.0 Å². The Bertz CT molecular complexity index is 1680. The van der Waals surface area contributed by atoms with Crippen LogP contribution in [0.25, 0.3) is 0 Å². The zero-order valence-corrected chi connectivity index (χ0v) is 27.6. The average Bonchev–Trinajstić information content (AvgIpc) is 3.07. The number of halogens is 1. The predicted molar refractivity (Wildman–Crippen MR) is 177 cm³/mol. The Balaban J connectivity index is 1.38. The van der Waals surface area contributed by atoms with Crippen molar-refractivity contribution in [2.45, 2.75) is 39.6 Å². The average molecular weight is 681 g/mol. The van der Waals surface area contributed by atoms with E-state index in [0.29, 0.717) is 57.9 Å². The number of hydrazone groups is 1. The molecule has 2 atom stereocenters. The summed E-state index contributed by atoms with van der Waals surface area (Å²) in [6.45, 7) is 5.80. The van der Waals surface area contributed by atoms with Gasteiger partial charge in [-0.1, -0.05) is 29.8 Å². The van der Waals surface area contributed by atoms with Crippen molar-refractivity contribution in [3.8, 4) is 17.2 Å². The molecule has 2 amide bonds. The standard InChI is InChI=1S/C34H37ClN4O9/c1-5-45-28-16-23(31-30(33(42)44-4)20(3)37-34(43)38-31)11-13-27(28)48-19-29(40)39-36-17-24-15-25(35)12-14-26(24)47-18-21-7-9-22(10-8-21)32(41)46-6-2/h7-17,29,31,39-40H,5-6,18-19H2,1-4H3,(H2,37,38,43)/b36-17+/t29-,31+/m0/s1. The molecule has 48 heavy (non-hydrogen) atoms. The molecule has 0 aliphatic carbocycles. The molecule has 0 spiro atoms. The Hall–Kier alpha value is -5.27. The van der Waals surface area contributed by atoms with Gasteiger partial charge in [-0.15, -0.1) is 0 Å². The van der Waals surface area contributed by atoms with Gasteiger partial charge in [-0.05, 0) is 74.4 Å². The van der Waals surface area contributed by atoms with Crippen LogP contribution in [0.1, 0.15) is 53.9 Å². The number of carbonyl (C=O) groups is 3. The van der Waals surface area contributed by atoms with Crippen LogP contribution in [0.2, 0.25) is 5.02 Å². The first-order valence-corrected chi connectivity index (χ1v) is 15.4. The van der Waals surface area contributed by atoms with E-state index in [-0.39, 0.29) is 24.8 Å². The Morgan fingerprint density at radius 1 is 0.979 bits per heavy atom. The van der Waals surface area contributed by atoms with Crippen molar-refractivity contribution >= 4 is 35.8 Å². The zero-order valence-electron chi connectivity index (χ0n) is 26.9. The van der Waals surface area contributed by atoms with Gasteiger partial charge >= 0.3 is 18.0 Å². The summed E-state index contributed by atoms with van der Waals surface area (Å²) in [7, 11) is 1.27. The number of benzene rings is 3. The van der Waals surface area contributed by atoms with Crippen molar-refractivity contribution in [2.24, 2.45) is 5.10 Å². The van der Waals surface area contributed by atoms with Gasteiger partial charge in [0.05, 0.1) is 43.7 Å². The van der Waals surface area contributed by atoms with Gasteiger partial charge in [-0.2, -0.15) is 5.10 Å². The van der Waals surface area contributed by atoms with Crippen LogP contribution >= 0.6 is 11.6 Å². The molecule has 13 nitrogen and oxygen atoms in total. The number of rotatable bonds is 15. The third-order valence-electron chi connectivity index (χ3n) is 6.93. The number of aliphatic hydroxyl groups is 1. The number of allylic oxidation sites excluding steroid dienone is 1. The number of aliphatic hydroxyl groups excluding tert-OH is 1. The molecule has 14 heteroatoms. The van der Waals surface area contributed by atoms with E-state index in [1.54, 1.807) is 81.4 Å². The van der Waals surface area contributed by atoms with Crippen molar-refractivity contribution < 1.29 is 43.2 Å². The summed E-state index contributed by atoms with van der Waals surface area (Å²) in [4.78, 5) is 36.5. The van der Waals surface area contributed by atoms with Gasteiger partial charge in [0.25, 0.3) is 0 Å². The van der Waals surface area contributed by atoms with Gasteiger partial charge in [-0.25, -0.2) is 14.4 Å². The molecule has 1 aliphatic rings. The van der Waals surface area contributed by atoms with Gasteiger partial charge < -0.3 is 39.4 Å². The van der Waals surface area contributed by atoms with E-state index in [9.17, 15) is 19.5 Å². The number of nitrogens with zero attached hydrogens (tertiary/aromatic N) is 1. The quantitative estimate of drug-likeness (QED) is 0.0770. The first kappa shape index (κ1) is 35.6. The molecule has 4 rings (SSSR count). The topological polar surface area (TPSA) is 166 Å². The summed E-state index contributed by atoms with van der Waals surface area (Å²) < 4.78 is 27.5. The van der Waals surface area contributed by atoms with Crippen LogP contribution in [0, 0.1) is 0 Å². The molecule has 0 aromatic heterocycles. The summed E-state index contributed by atoms with van der Waals surface area (Å²) in [5.41, 5.74) is 5.64. The molecule has 254 valence electrons. The fourth-order valence-electron chi connectivity index (χ4n) is 4.68. The molecule has 0 unspecified atom stereocenters. The molecule has 0 fully saturated rings. The van der Waals surface area contributed by atoms with E-state index in [1.807, 2.05) is 0 Å². The van der Waals surface area contributed by atoms with E-state index in [2.05, 4.69) is 21.2 Å². The maximum absolute atomic E-state index is 12.5. The van der Waals surface area contributed by atoms with Crippen molar-refractivity contribution in [3.05, 3.63) is 99.2 Å². The number of carbonyl (C=O) groups excluding carboxylic acids is 3. The van der Waals surface area contributed by atoms with Gasteiger partial charge in [0.2, 0.25) is 0 Å². The molecule has 0 radical (unpaired) electrons. The summed E-state index contributed by atoms with van der Waals surface area (Å²) in [6, 6.07) is 15.7. The van der Waals surface area contributed by atoms with Crippen molar-refractivity contribution in [1.82, 2.24) is 16.1 Å². The third-order valence-corrected chi connectivity index (χ3v) is 7.17. The fourth-order valence-corrected chi connectivity index (χ4v) is 4.86. The highest BCUT2D eigenvalue weighted by Crippen LogP contribution is 2.35. The number of hydrogen-bond acceptors (Lipinski definition) is 11. The lowest BCUT2D eigenvalue weighted by Crippen LogP contribution is -2.45. The summed E-state index contributed by atoms with van der Waals surface area (Å²) in [5, 5.41) is 20.4. The summed E-state index contributed by atoms with van der Waals surface area (Å²) >= 11 is 6.20. The minimum absolute atomic E-state index is 0.200. The van der Waals surface area contributed by atoms with Crippen LogP contribution in [-0.4, -0.2) is 62.4 Å².